The van der Waals surface area contributed by atoms with Gasteiger partial charge in [0.05, 0.1) is 7.11 Å². The minimum Gasteiger partial charge on any atom is -0.468 e. The first kappa shape index (κ1) is 11.9. The average Bonchev–Trinajstić information content (AvgIpc) is 2.12. The van der Waals surface area contributed by atoms with Gasteiger partial charge in [-0.2, -0.15) is 0 Å². The normalized spacial score (nSPS) is 15.4. The van der Waals surface area contributed by atoms with Gasteiger partial charge in [-0.1, -0.05) is 12.2 Å². The minimum absolute atomic E-state index is 0.169. The molecule has 0 spiro atoms. The van der Waals surface area contributed by atoms with E-state index in [1.807, 2.05) is 13.0 Å². The molecule has 3 nitrogen and oxygen atoms in total. The molecule has 0 aromatic heterocycles. The van der Waals surface area contributed by atoms with Gasteiger partial charge in [-0.25, -0.2) is 0 Å². The van der Waals surface area contributed by atoms with Crippen LogP contribution in [0, 0.1) is 5.41 Å². The zero-order valence-corrected chi connectivity index (χ0v) is 8.59. The lowest BCUT2D eigenvalue weighted by atomic mass is 9.83. The molecule has 0 fully saturated rings. The average molecular weight is 184 g/mol. The first-order chi connectivity index (χ1) is 5.99. The fraction of sp³-hybridized carbons (Fsp3) is 0.600. The van der Waals surface area contributed by atoms with Gasteiger partial charge in [-0.05, 0) is 27.2 Å². The summed E-state index contributed by atoms with van der Waals surface area (Å²) in [6.45, 7) is 4.85. The molecule has 0 aliphatic rings. The van der Waals surface area contributed by atoms with E-state index >= 15 is 0 Å². The second-order valence-electron chi connectivity index (χ2n) is 3.15. The van der Waals surface area contributed by atoms with Crippen LogP contribution in [0.1, 0.15) is 27.2 Å². The Morgan fingerprint density at radius 3 is 2.31 bits per heavy atom. The van der Waals surface area contributed by atoms with Gasteiger partial charge in [-0.3, -0.25) is 9.59 Å². The molecule has 0 N–H and O–H groups in total. The number of allylic oxidation sites excluding steroid dienone is 2. The second kappa shape index (κ2) is 4.80. The van der Waals surface area contributed by atoms with Crippen LogP contribution in [-0.4, -0.2) is 18.9 Å². The third-order valence-electron chi connectivity index (χ3n) is 2.17. The Morgan fingerprint density at radius 2 is 2.00 bits per heavy atom. The SMILES string of the molecule is C/C=C/CC(C)(C(C)=O)C(=O)OC. The first-order valence-corrected chi connectivity index (χ1v) is 4.19. The van der Waals surface area contributed by atoms with Crippen molar-refractivity contribution in [1.29, 1.82) is 0 Å². The molecular formula is C10H16O3. The van der Waals surface area contributed by atoms with E-state index in [1.165, 1.54) is 14.0 Å². The van der Waals surface area contributed by atoms with Gasteiger partial charge in [0.25, 0.3) is 0 Å². The summed E-state index contributed by atoms with van der Waals surface area (Å²) < 4.78 is 4.58. The highest BCUT2D eigenvalue weighted by Crippen LogP contribution is 2.24. The van der Waals surface area contributed by atoms with Crippen molar-refractivity contribution in [2.75, 3.05) is 7.11 Å². The fourth-order valence-electron chi connectivity index (χ4n) is 0.950. The largest absolute Gasteiger partial charge is 0.468 e. The summed E-state index contributed by atoms with van der Waals surface area (Å²) in [6.07, 6.45) is 3.99. The van der Waals surface area contributed by atoms with Crippen LogP contribution in [0.4, 0.5) is 0 Å². The van der Waals surface area contributed by atoms with Crippen molar-refractivity contribution < 1.29 is 14.3 Å². The fourth-order valence-corrected chi connectivity index (χ4v) is 0.950. The summed E-state index contributed by atoms with van der Waals surface area (Å²) in [5.41, 5.74) is -1.03. The molecule has 0 aliphatic heterocycles. The molecule has 1 unspecified atom stereocenters. The number of ether oxygens (including phenoxy) is 1. The van der Waals surface area contributed by atoms with Crippen molar-refractivity contribution in [2.45, 2.75) is 27.2 Å². The number of methoxy groups -OCH3 is 1. The molecule has 3 heteroatoms. The summed E-state index contributed by atoms with van der Waals surface area (Å²) in [5.74, 6) is -0.643. The third-order valence-corrected chi connectivity index (χ3v) is 2.17. The third kappa shape index (κ3) is 2.68. The molecule has 1 atom stereocenters. The number of carbonyl (C=O) groups excluding carboxylic acids is 2. The molecule has 0 aliphatic carbocycles. The van der Waals surface area contributed by atoms with Crippen LogP contribution in [0.3, 0.4) is 0 Å². The van der Waals surface area contributed by atoms with E-state index in [-0.39, 0.29) is 5.78 Å². The lowest BCUT2D eigenvalue weighted by molar-refractivity contribution is -0.156. The zero-order chi connectivity index (χ0) is 10.5. The molecule has 0 heterocycles. The van der Waals surface area contributed by atoms with Crippen LogP contribution in [0.2, 0.25) is 0 Å². The maximum absolute atomic E-state index is 11.3. The zero-order valence-electron chi connectivity index (χ0n) is 8.59. The highest BCUT2D eigenvalue weighted by atomic mass is 16.5. The molecule has 0 radical (unpaired) electrons. The van der Waals surface area contributed by atoms with Crippen LogP contribution in [0.15, 0.2) is 12.2 Å². The predicted molar refractivity (Wildman–Crippen MR) is 50.2 cm³/mol. The van der Waals surface area contributed by atoms with Crippen LogP contribution in [0.25, 0.3) is 0 Å². The van der Waals surface area contributed by atoms with Crippen molar-refractivity contribution in [3.8, 4) is 0 Å². The van der Waals surface area contributed by atoms with Crippen molar-refractivity contribution in [3.63, 3.8) is 0 Å². The maximum Gasteiger partial charge on any atom is 0.319 e. The maximum atomic E-state index is 11.3. The summed E-state index contributed by atoms with van der Waals surface area (Å²) in [5, 5.41) is 0. The molecule has 0 amide bonds. The number of ketones is 1. The molecule has 0 rings (SSSR count). The van der Waals surface area contributed by atoms with E-state index in [4.69, 9.17) is 0 Å². The summed E-state index contributed by atoms with van der Waals surface area (Å²) >= 11 is 0. The van der Waals surface area contributed by atoms with Crippen LogP contribution >= 0.6 is 0 Å². The molecule has 0 saturated heterocycles. The van der Waals surface area contributed by atoms with E-state index in [9.17, 15) is 9.59 Å². The standard InChI is InChI=1S/C10H16O3/c1-5-6-7-10(3,8(2)11)9(12)13-4/h5-6H,7H2,1-4H3/b6-5+. The van der Waals surface area contributed by atoms with Crippen molar-refractivity contribution in [2.24, 2.45) is 5.41 Å². The Bertz CT molecular complexity index is 230. The molecule has 74 valence electrons. The topological polar surface area (TPSA) is 43.4 Å². The van der Waals surface area contributed by atoms with Gasteiger partial charge >= 0.3 is 5.97 Å². The van der Waals surface area contributed by atoms with Gasteiger partial charge in [0.1, 0.15) is 11.2 Å². The Balaban J connectivity index is 4.72. The van der Waals surface area contributed by atoms with Gasteiger partial charge in [0, 0.05) is 0 Å². The Labute approximate surface area is 78.8 Å². The number of carbonyl (C=O) groups is 2. The van der Waals surface area contributed by atoms with E-state index in [0.717, 1.165) is 0 Å². The Hall–Kier alpha value is -1.12. The second-order valence-corrected chi connectivity index (χ2v) is 3.15. The number of Topliss-reactive ketones (excluding diaryl/α,β-unsaturated/α-hetero) is 1. The van der Waals surface area contributed by atoms with E-state index in [1.54, 1.807) is 13.0 Å². The Morgan fingerprint density at radius 1 is 1.46 bits per heavy atom. The van der Waals surface area contributed by atoms with Crippen LogP contribution < -0.4 is 0 Å². The number of hydrogen-bond donors (Lipinski definition) is 0. The number of rotatable bonds is 4. The highest BCUT2D eigenvalue weighted by molar-refractivity contribution is 6.02. The summed E-state index contributed by atoms with van der Waals surface area (Å²) in [6, 6.07) is 0. The lowest BCUT2D eigenvalue weighted by Gasteiger charge is -2.21. The van der Waals surface area contributed by atoms with Crippen LogP contribution in [-0.2, 0) is 14.3 Å². The van der Waals surface area contributed by atoms with E-state index in [2.05, 4.69) is 4.74 Å². The van der Waals surface area contributed by atoms with Gasteiger partial charge in [0.2, 0.25) is 0 Å². The van der Waals surface area contributed by atoms with Crippen molar-refractivity contribution >= 4 is 11.8 Å². The smallest absolute Gasteiger partial charge is 0.319 e. The van der Waals surface area contributed by atoms with Crippen molar-refractivity contribution in [3.05, 3.63) is 12.2 Å². The minimum atomic E-state index is -1.03. The molecule has 0 saturated carbocycles. The van der Waals surface area contributed by atoms with Crippen molar-refractivity contribution in [1.82, 2.24) is 0 Å². The molecule has 0 bridgehead atoms. The Kier molecular flexibility index (Phi) is 4.38. The molecular weight excluding hydrogens is 168 g/mol. The van der Waals surface area contributed by atoms with Gasteiger partial charge < -0.3 is 4.74 Å². The monoisotopic (exact) mass is 184 g/mol. The lowest BCUT2D eigenvalue weighted by Crippen LogP contribution is -2.35. The molecule has 13 heavy (non-hydrogen) atoms. The van der Waals surface area contributed by atoms with Crippen LogP contribution in [0.5, 0.6) is 0 Å². The van der Waals surface area contributed by atoms with E-state index < -0.39 is 11.4 Å². The first-order valence-electron chi connectivity index (χ1n) is 4.19. The van der Waals surface area contributed by atoms with Gasteiger partial charge in [-0.15, -0.1) is 0 Å². The van der Waals surface area contributed by atoms with E-state index in [0.29, 0.717) is 6.42 Å². The molecule has 0 aromatic rings. The highest BCUT2D eigenvalue weighted by Gasteiger charge is 2.38. The number of esters is 1. The summed E-state index contributed by atoms with van der Waals surface area (Å²) in [4.78, 5) is 22.5. The number of hydrogen-bond acceptors (Lipinski definition) is 3. The van der Waals surface area contributed by atoms with Gasteiger partial charge in [0.15, 0.2) is 0 Å². The molecule has 0 aromatic carbocycles. The predicted octanol–water partition coefficient (Wildman–Crippen LogP) is 1.72. The summed E-state index contributed by atoms with van der Waals surface area (Å²) in [7, 11) is 1.29. The quantitative estimate of drug-likeness (QED) is 0.379.